The van der Waals surface area contributed by atoms with Crippen molar-refractivity contribution < 1.29 is 52.5 Å². The Bertz CT molecular complexity index is 1360. The summed E-state index contributed by atoms with van der Waals surface area (Å²) in [6.07, 6.45) is 0.513. The first-order valence-corrected chi connectivity index (χ1v) is 18.4. The van der Waals surface area contributed by atoms with Crippen LogP contribution in [0.5, 0.6) is 0 Å². The summed E-state index contributed by atoms with van der Waals surface area (Å²) in [4.78, 5) is 87.0. The fourth-order valence-corrected chi connectivity index (χ4v) is 5.23. The number of likely N-dealkylation sites (tertiary alicyclic amines) is 1. The topological polar surface area (TPSA) is 220 Å². The lowest BCUT2D eigenvalue weighted by molar-refractivity contribution is -0.138. The first-order chi connectivity index (χ1) is 24.7. The summed E-state index contributed by atoms with van der Waals surface area (Å²) in [5, 5.41) is 12.7. The Morgan fingerprint density at radius 1 is 0.846 bits per heavy atom. The molecule has 1 aliphatic rings. The monoisotopic (exact) mass is 752 g/mol. The molecule has 0 saturated carbocycles. The van der Waals surface area contributed by atoms with E-state index < -0.39 is 36.1 Å². The van der Waals surface area contributed by atoms with E-state index in [1.54, 1.807) is 58.2 Å². The molecular weight excluding hydrogens is 700 g/mol. The summed E-state index contributed by atoms with van der Waals surface area (Å²) >= 11 is 1.32. The van der Waals surface area contributed by atoms with Crippen molar-refractivity contribution in [3.63, 3.8) is 0 Å². The SMILES string of the molecule is CSC1CC(=O)N(CCNC(=O)OCc2ccc(NC(=O)C(C)NC(=O)C(NC(=O)CCOCCOCCNC(=O)OC(C)C)C(C)C)cc2)C1=O. The average Bonchev–Trinajstić information content (AvgIpc) is 3.36. The lowest BCUT2D eigenvalue weighted by atomic mass is 10.0. The molecule has 0 aliphatic carbocycles. The maximum atomic E-state index is 13.0. The Labute approximate surface area is 308 Å². The van der Waals surface area contributed by atoms with E-state index in [-0.39, 0.29) is 101 Å². The fraction of sp³-hybridized carbons (Fsp3) is 0.618. The number of carbonyl (C=O) groups is 7. The van der Waals surface area contributed by atoms with Gasteiger partial charge in [-0.1, -0.05) is 26.0 Å². The number of rotatable bonds is 22. The van der Waals surface area contributed by atoms with E-state index in [0.717, 1.165) is 4.90 Å². The van der Waals surface area contributed by atoms with Crippen molar-refractivity contribution >= 4 is 59.2 Å². The standard InChI is InChI=1S/C34H52N6O11S/c1-21(2)29(39-27(41)11-15-48-17-18-49-16-13-36-34(47)51-22(3)4)31(44)37-23(5)30(43)38-25-9-7-24(8-10-25)20-50-33(46)35-12-14-40-28(42)19-26(52-6)32(40)45/h7-10,21-23,26,29H,11-20H2,1-6H3,(H,35,46)(H,36,47)(H,37,44)(H,38,43)(H,39,41). The highest BCUT2D eigenvalue weighted by Gasteiger charge is 2.37. The van der Waals surface area contributed by atoms with Crippen LogP contribution in [0.1, 0.15) is 53.0 Å². The quantitative estimate of drug-likeness (QED) is 0.0842. The van der Waals surface area contributed by atoms with Gasteiger partial charge in [-0.3, -0.25) is 28.9 Å². The van der Waals surface area contributed by atoms with Gasteiger partial charge in [-0.15, -0.1) is 0 Å². The number of carbonyl (C=O) groups excluding carboxylic acids is 7. The highest BCUT2D eigenvalue weighted by Crippen LogP contribution is 2.22. The minimum atomic E-state index is -0.922. The number of hydrogen-bond acceptors (Lipinski definition) is 12. The highest BCUT2D eigenvalue weighted by atomic mass is 32.2. The number of thioether (sulfide) groups is 1. The van der Waals surface area contributed by atoms with Crippen molar-refractivity contribution in [2.75, 3.05) is 57.6 Å². The molecule has 0 radical (unpaired) electrons. The van der Waals surface area contributed by atoms with Crippen LogP contribution in [-0.2, 0) is 49.5 Å². The van der Waals surface area contributed by atoms with Gasteiger partial charge in [0, 0.05) is 38.2 Å². The molecule has 1 aromatic rings. The molecule has 1 heterocycles. The van der Waals surface area contributed by atoms with E-state index in [4.69, 9.17) is 18.9 Å². The Morgan fingerprint density at radius 3 is 2.12 bits per heavy atom. The van der Waals surface area contributed by atoms with Gasteiger partial charge in [0.25, 0.3) is 0 Å². The summed E-state index contributed by atoms with van der Waals surface area (Å²) in [6, 6.07) is 4.74. The van der Waals surface area contributed by atoms with Gasteiger partial charge in [-0.2, -0.15) is 11.8 Å². The first kappa shape index (κ1) is 43.7. The zero-order valence-electron chi connectivity index (χ0n) is 30.6. The smallest absolute Gasteiger partial charge is 0.407 e. The van der Waals surface area contributed by atoms with Gasteiger partial charge in [0.2, 0.25) is 29.5 Å². The Kier molecular flexibility index (Phi) is 19.5. The first-order valence-electron chi connectivity index (χ1n) is 17.1. The van der Waals surface area contributed by atoms with Gasteiger partial charge in [0.15, 0.2) is 0 Å². The van der Waals surface area contributed by atoms with Crippen LogP contribution >= 0.6 is 11.8 Å². The molecule has 5 N–H and O–H groups in total. The van der Waals surface area contributed by atoms with Crippen molar-refractivity contribution in [2.24, 2.45) is 5.92 Å². The molecule has 1 aromatic carbocycles. The number of hydrogen-bond donors (Lipinski definition) is 5. The lowest BCUT2D eigenvalue weighted by Crippen LogP contribution is -2.53. The third-order valence-electron chi connectivity index (χ3n) is 7.40. The molecule has 0 spiro atoms. The lowest BCUT2D eigenvalue weighted by Gasteiger charge is -2.24. The second-order valence-electron chi connectivity index (χ2n) is 12.4. The number of benzene rings is 1. The Hall–Kier alpha value is -4.42. The third kappa shape index (κ3) is 16.3. The zero-order chi connectivity index (χ0) is 38.6. The number of ether oxygens (including phenoxy) is 4. The number of alkyl carbamates (subject to hydrolysis) is 2. The van der Waals surface area contributed by atoms with E-state index in [0.29, 0.717) is 11.3 Å². The van der Waals surface area contributed by atoms with Crippen LogP contribution in [0.3, 0.4) is 0 Å². The molecule has 52 heavy (non-hydrogen) atoms. The van der Waals surface area contributed by atoms with E-state index in [2.05, 4.69) is 26.6 Å². The van der Waals surface area contributed by atoms with Crippen LogP contribution in [0, 0.1) is 5.92 Å². The summed E-state index contributed by atoms with van der Waals surface area (Å²) in [5.41, 5.74) is 1.09. The normalized spacial score (nSPS) is 15.2. The van der Waals surface area contributed by atoms with Crippen LogP contribution in [0.25, 0.3) is 0 Å². The Balaban J connectivity index is 1.65. The molecule has 2 rings (SSSR count). The maximum Gasteiger partial charge on any atom is 0.407 e. The largest absolute Gasteiger partial charge is 0.447 e. The van der Waals surface area contributed by atoms with Crippen LogP contribution in [0.4, 0.5) is 15.3 Å². The number of nitrogens with zero attached hydrogens (tertiary/aromatic N) is 1. The minimum Gasteiger partial charge on any atom is -0.447 e. The predicted octanol–water partition coefficient (Wildman–Crippen LogP) is 1.55. The average molecular weight is 753 g/mol. The van der Waals surface area contributed by atoms with E-state index in [1.807, 2.05) is 0 Å². The van der Waals surface area contributed by atoms with Crippen molar-refractivity contribution in [1.29, 1.82) is 0 Å². The van der Waals surface area contributed by atoms with Gasteiger partial charge in [-0.25, -0.2) is 9.59 Å². The predicted molar refractivity (Wildman–Crippen MR) is 192 cm³/mol. The Morgan fingerprint density at radius 2 is 1.50 bits per heavy atom. The molecular formula is C34H52N6O11S. The van der Waals surface area contributed by atoms with Gasteiger partial charge in [0.1, 0.15) is 18.7 Å². The minimum absolute atomic E-state index is 0.0166. The van der Waals surface area contributed by atoms with Crippen molar-refractivity contribution in [1.82, 2.24) is 26.2 Å². The van der Waals surface area contributed by atoms with Gasteiger partial charge in [0.05, 0.1) is 37.8 Å². The number of anilines is 1. The van der Waals surface area contributed by atoms with Crippen molar-refractivity contribution in [3.8, 4) is 0 Å². The van der Waals surface area contributed by atoms with E-state index >= 15 is 0 Å². The summed E-state index contributed by atoms with van der Waals surface area (Å²) in [7, 11) is 0. The molecule has 18 heteroatoms. The summed E-state index contributed by atoms with van der Waals surface area (Å²) in [5.74, 6) is -2.16. The van der Waals surface area contributed by atoms with Crippen LogP contribution in [0.2, 0.25) is 0 Å². The van der Waals surface area contributed by atoms with Crippen LogP contribution in [0.15, 0.2) is 24.3 Å². The number of amides is 7. The molecule has 1 fully saturated rings. The van der Waals surface area contributed by atoms with Crippen LogP contribution < -0.4 is 26.6 Å². The zero-order valence-corrected chi connectivity index (χ0v) is 31.4. The molecule has 3 unspecified atom stereocenters. The second-order valence-corrected chi connectivity index (χ2v) is 13.4. The number of imide groups is 1. The number of nitrogens with one attached hydrogen (secondary N) is 5. The van der Waals surface area contributed by atoms with Gasteiger partial charge >= 0.3 is 12.2 Å². The molecule has 290 valence electrons. The molecule has 7 amide bonds. The molecule has 17 nitrogen and oxygen atoms in total. The molecule has 0 aromatic heterocycles. The second kappa shape index (κ2) is 23.2. The molecule has 1 saturated heterocycles. The van der Waals surface area contributed by atoms with Crippen LogP contribution in [-0.4, -0.2) is 122 Å². The van der Waals surface area contributed by atoms with Crippen molar-refractivity contribution in [3.05, 3.63) is 29.8 Å². The molecule has 3 atom stereocenters. The third-order valence-corrected chi connectivity index (χ3v) is 8.34. The maximum absolute atomic E-state index is 13.0. The van der Waals surface area contributed by atoms with E-state index in [1.165, 1.54) is 18.7 Å². The summed E-state index contributed by atoms with van der Waals surface area (Å²) in [6.45, 7) is 9.84. The molecule has 1 aliphatic heterocycles. The van der Waals surface area contributed by atoms with Gasteiger partial charge in [-0.05, 0) is 50.6 Å². The summed E-state index contributed by atoms with van der Waals surface area (Å²) < 4.78 is 20.9. The van der Waals surface area contributed by atoms with Gasteiger partial charge < -0.3 is 45.5 Å². The van der Waals surface area contributed by atoms with Crippen molar-refractivity contribution in [2.45, 2.75) is 77.5 Å². The fourth-order valence-electron chi connectivity index (χ4n) is 4.59. The highest BCUT2D eigenvalue weighted by molar-refractivity contribution is 8.00. The molecule has 0 bridgehead atoms. The van der Waals surface area contributed by atoms with E-state index in [9.17, 15) is 33.6 Å².